The van der Waals surface area contributed by atoms with Crippen molar-refractivity contribution in [1.82, 2.24) is 0 Å². The topological polar surface area (TPSA) is 29.1 Å². The Bertz CT molecular complexity index is 537. The summed E-state index contributed by atoms with van der Waals surface area (Å²) in [6.07, 6.45) is 4.35. The van der Waals surface area contributed by atoms with Crippen molar-refractivity contribution in [2.45, 2.75) is 30.0 Å². The van der Waals surface area contributed by atoms with E-state index in [1.54, 1.807) is 0 Å². The predicted octanol–water partition coefficient (Wildman–Crippen LogP) is 4.48. The van der Waals surface area contributed by atoms with Gasteiger partial charge in [0.05, 0.1) is 0 Å². The number of nitrogens with one attached hydrogen (secondary N) is 1. The van der Waals surface area contributed by atoms with Crippen molar-refractivity contribution in [3.05, 3.63) is 30.3 Å². The number of amides is 1. The number of anilines is 1. The van der Waals surface area contributed by atoms with Gasteiger partial charge < -0.3 is 5.32 Å². The van der Waals surface area contributed by atoms with Crippen LogP contribution in [0.15, 0.2) is 30.3 Å². The molecule has 3 saturated carbocycles. The van der Waals surface area contributed by atoms with Crippen molar-refractivity contribution in [3.8, 4) is 0 Å². The minimum absolute atomic E-state index is 0.190. The molecular formula is C17H19Cl2NO. The van der Waals surface area contributed by atoms with Crippen LogP contribution in [0.25, 0.3) is 0 Å². The zero-order valence-electron chi connectivity index (χ0n) is 11.8. The summed E-state index contributed by atoms with van der Waals surface area (Å²) in [4.78, 5) is 12.4. The van der Waals surface area contributed by atoms with E-state index in [1.165, 1.54) is 0 Å². The van der Waals surface area contributed by atoms with Gasteiger partial charge in [-0.15, -0.1) is 23.2 Å². The molecule has 0 bridgehead atoms. The first kappa shape index (κ1) is 13.9. The molecule has 1 aromatic rings. The third kappa shape index (κ3) is 2.37. The molecule has 3 aliphatic carbocycles. The summed E-state index contributed by atoms with van der Waals surface area (Å²) >= 11 is 12.6. The molecule has 0 unspecified atom stereocenters. The first-order chi connectivity index (χ1) is 10.1. The van der Waals surface area contributed by atoms with E-state index >= 15 is 0 Å². The van der Waals surface area contributed by atoms with E-state index in [9.17, 15) is 4.79 Å². The molecule has 3 fully saturated rings. The van der Waals surface area contributed by atoms with Crippen molar-refractivity contribution in [2.24, 2.45) is 29.6 Å². The molecule has 4 atom stereocenters. The summed E-state index contributed by atoms with van der Waals surface area (Å²) in [6, 6.07) is 9.72. The second kappa shape index (κ2) is 4.89. The van der Waals surface area contributed by atoms with Crippen LogP contribution in [-0.4, -0.2) is 10.2 Å². The first-order valence-electron chi connectivity index (χ1n) is 7.83. The van der Waals surface area contributed by atoms with Crippen LogP contribution in [0.3, 0.4) is 0 Å². The highest BCUT2D eigenvalue weighted by atomic mass is 35.5. The zero-order valence-corrected chi connectivity index (χ0v) is 13.3. The normalized spacial score (nSPS) is 39.2. The lowest BCUT2D eigenvalue weighted by atomic mass is 10.0. The van der Waals surface area contributed by atoms with Gasteiger partial charge in [-0.05, 0) is 61.5 Å². The molecule has 4 rings (SSSR count). The van der Waals surface area contributed by atoms with Crippen molar-refractivity contribution in [2.75, 3.05) is 5.32 Å². The lowest BCUT2D eigenvalue weighted by molar-refractivity contribution is -0.117. The van der Waals surface area contributed by atoms with Crippen molar-refractivity contribution < 1.29 is 4.79 Å². The highest BCUT2D eigenvalue weighted by Gasteiger charge is 2.65. The number of hydrogen-bond donors (Lipinski definition) is 1. The molecule has 3 aliphatic rings. The third-order valence-corrected chi connectivity index (χ3v) is 6.78. The molecule has 2 nitrogen and oxygen atoms in total. The molecule has 0 radical (unpaired) electrons. The minimum Gasteiger partial charge on any atom is -0.326 e. The maximum atomic E-state index is 12.4. The van der Waals surface area contributed by atoms with Gasteiger partial charge in [-0.25, -0.2) is 0 Å². The number of halogens is 2. The number of hydrogen-bond acceptors (Lipinski definition) is 1. The van der Waals surface area contributed by atoms with Crippen LogP contribution in [0.5, 0.6) is 0 Å². The fourth-order valence-corrected chi connectivity index (χ4v) is 5.28. The molecule has 112 valence electrons. The number of carbonyl (C=O) groups is 1. The fraction of sp³-hybridized carbons (Fsp3) is 0.588. The third-order valence-electron chi connectivity index (χ3n) is 5.66. The van der Waals surface area contributed by atoms with Crippen molar-refractivity contribution in [1.29, 1.82) is 0 Å². The van der Waals surface area contributed by atoms with Crippen LogP contribution in [0, 0.1) is 29.6 Å². The summed E-state index contributed by atoms with van der Waals surface area (Å²) in [5.74, 6) is 2.39. The summed E-state index contributed by atoms with van der Waals surface area (Å²) in [5.41, 5.74) is 0.894. The quantitative estimate of drug-likeness (QED) is 0.799. The highest BCUT2D eigenvalue weighted by Crippen LogP contribution is 2.67. The predicted molar refractivity (Wildman–Crippen MR) is 85.4 cm³/mol. The first-order valence-corrected chi connectivity index (χ1v) is 8.58. The summed E-state index contributed by atoms with van der Waals surface area (Å²) in [5, 5.41) is 3.05. The van der Waals surface area contributed by atoms with Gasteiger partial charge in [0, 0.05) is 11.6 Å². The molecule has 0 saturated heterocycles. The number of para-hydroxylation sites is 1. The van der Waals surface area contributed by atoms with Crippen LogP contribution in [0.4, 0.5) is 5.69 Å². The summed E-state index contributed by atoms with van der Waals surface area (Å²) in [6.45, 7) is 0. The van der Waals surface area contributed by atoms with Gasteiger partial charge in [0.1, 0.15) is 4.33 Å². The van der Waals surface area contributed by atoms with E-state index < -0.39 is 4.33 Å². The molecule has 1 N–H and O–H groups in total. The molecule has 21 heavy (non-hydrogen) atoms. The second-order valence-electron chi connectivity index (χ2n) is 6.75. The average molecular weight is 324 g/mol. The molecule has 0 heterocycles. The van der Waals surface area contributed by atoms with Gasteiger partial charge in [-0.3, -0.25) is 4.79 Å². The van der Waals surface area contributed by atoms with Gasteiger partial charge >= 0.3 is 0 Å². The van der Waals surface area contributed by atoms with Crippen LogP contribution in [0.1, 0.15) is 25.7 Å². The molecule has 0 aliphatic heterocycles. The lowest BCUT2D eigenvalue weighted by Gasteiger charge is -2.04. The van der Waals surface area contributed by atoms with E-state index in [4.69, 9.17) is 23.2 Å². The Morgan fingerprint density at radius 3 is 2.14 bits per heavy atom. The van der Waals surface area contributed by atoms with Crippen LogP contribution in [0.2, 0.25) is 0 Å². The fourth-order valence-electron chi connectivity index (χ4n) is 4.36. The van der Waals surface area contributed by atoms with Crippen molar-refractivity contribution >= 4 is 34.8 Å². The number of carbonyl (C=O) groups excluding carboxylic acids is 1. The number of rotatable bonds is 2. The van der Waals surface area contributed by atoms with E-state index in [0.29, 0.717) is 23.7 Å². The minimum atomic E-state index is -0.474. The second-order valence-corrected chi connectivity index (χ2v) is 8.20. The van der Waals surface area contributed by atoms with Gasteiger partial charge in [0.25, 0.3) is 0 Å². The lowest BCUT2D eigenvalue weighted by Crippen LogP contribution is -2.15. The summed E-state index contributed by atoms with van der Waals surface area (Å²) in [7, 11) is 0. The largest absolute Gasteiger partial charge is 0.326 e. The maximum absolute atomic E-state index is 12.4. The SMILES string of the molecule is O=C(Nc1ccccc1)C1[C@H]2CC[C@@H]3[C@@H](CC[C@H]12)C3(Cl)Cl. The Hall–Kier alpha value is -0.730. The standard InChI is InChI=1S/C17H19Cl2NO/c18-17(19)13-8-6-11-12(7-9-14(13)17)15(11)16(21)20-10-4-2-1-3-5-10/h1-5,11-15H,6-9H2,(H,20,21)/t11-,12-,13+,14+/m0/s1. The maximum Gasteiger partial charge on any atom is 0.228 e. The molecule has 0 aromatic heterocycles. The van der Waals surface area contributed by atoms with Crippen LogP contribution in [-0.2, 0) is 4.79 Å². The Labute approximate surface area is 135 Å². The number of alkyl halides is 2. The van der Waals surface area contributed by atoms with Crippen molar-refractivity contribution in [3.63, 3.8) is 0 Å². The number of fused-ring (bicyclic) bond motifs is 2. The van der Waals surface area contributed by atoms with Crippen LogP contribution < -0.4 is 5.32 Å². The highest BCUT2D eigenvalue weighted by molar-refractivity contribution is 6.51. The Kier molecular flexibility index (Phi) is 3.24. The zero-order chi connectivity index (χ0) is 14.6. The van der Waals surface area contributed by atoms with E-state index in [2.05, 4.69) is 5.32 Å². The summed E-state index contributed by atoms with van der Waals surface area (Å²) < 4.78 is -0.474. The molecule has 1 amide bonds. The average Bonchev–Trinajstić information content (AvgIpc) is 3.24. The van der Waals surface area contributed by atoms with E-state index in [1.807, 2.05) is 30.3 Å². The Morgan fingerprint density at radius 1 is 1.00 bits per heavy atom. The molecule has 4 heteroatoms. The van der Waals surface area contributed by atoms with E-state index in [-0.39, 0.29) is 11.8 Å². The molecule has 1 aromatic carbocycles. The van der Waals surface area contributed by atoms with Crippen LogP contribution >= 0.6 is 23.2 Å². The number of benzene rings is 1. The van der Waals surface area contributed by atoms with Gasteiger partial charge in [0.15, 0.2) is 0 Å². The van der Waals surface area contributed by atoms with Gasteiger partial charge in [-0.2, -0.15) is 0 Å². The monoisotopic (exact) mass is 323 g/mol. The van der Waals surface area contributed by atoms with E-state index in [0.717, 1.165) is 31.4 Å². The Morgan fingerprint density at radius 2 is 1.57 bits per heavy atom. The van der Waals surface area contributed by atoms with Gasteiger partial charge in [0.2, 0.25) is 5.91 Å². The molecule has 0 spiro atoms. The molecular weight excluding hydrogens is 305 g/mol. The Balaban J connectivity index is 1.38. The van der Waals surface area contributed by atoms with Gasteiger partial charge in [-0.1, -0.05) is 18.2 Å². The smallest absolute Gasteiger partial charge is 0.228 e.